The molecule has 18 heavy (non-hydrogen) atoms. The second kappa shape index (κ2) is 6.71. The van der Waals surface area contributed by atoms with E-state index in [1.165, 1.54) is 50.6 Å². The molecule has 1 aliphatic carbocycles. The van der Waals surface area contributed by atoms with Crippen molar-refractivity contribution in [3.8, 4) is 0 Å². The summed E-state index contributed by atoms with van der Waals surface area (Å²) in [6.07, 6.45) is 11.6. The van der Waals surface area contributed by atoms with Gasteiger partial charge in [-0.15, -0.1) is 0 Å². The molecule has 1 atom stereocenters. The van der Waals surface area contributed by atoms with Gasteiger partial charge in [-0.25, -0.2) is 0 Å². The number of aromatic nitrogens is 2. The number of hydrogen-bond donors (Lipinski definition) is 1. The molecule has 1 fully saturated rings. The van der Waals surface area contributed by atoms with Crippen LogP contribution in [0.3, 0.4) is 0 Å². The van der Waals surface area contributed by atoms with Crippen LogP contribution in [-0.2, 0) is 7.05 Å². The van der Waals surface area contributed by atoms with Crippen molar-refractivity contribution in [2.24, 2.45) is 13.0 Å². The monoisotopic (exact) mass is 313 g/mol. The molecule has 1 N–H and O–H groups in total. The van der Waals surface area contributed by atoms with E-state index in [-0.39, 0.29) is 0 Å². The van der Waals surface area contributed by atoms with Crippen LogP contribution in [0.25, 0.3) is 0 Å². The van der Waals surface area contributed by atoms with Gasteiger partial charge in [-0.05, 0) is 41.7 Å². The fourth-order valence-corrected chi connectivity index (χ4v) is 3.73. The molecule has 1 saturated carbocycles. The highest BCUT2D eigenvalue weighted by atomic mass is 79.9. The Bertz CT molecular complexity index is 350. The summed E-state index contributed by atoms with van der Waals surface area (Å²) in [6, 6.07) is 0.411. The van der Waals surface area contributed by atoms with Crippen LogP contribution in [0, 0.1) is 5.92 Å². The Morgan fingerprint density at radius 3 is 2.72 bits per heavy atom. The SMILES string of the molecule is CNC(CCC1CCCCC1)c1c(Br)cnn1C. The molecule has 4 heteroatoms. The summed E-state index contributed by atoms with van der Waals surface area (Å²) < 4.78 is 3.10. The first-order valence-corrected chi connectivity index (χ1v) is 7.86. The van der Waals surface area contributed by atoms with E-state index < -0.39 is 0 Å². The predicted octanol–water partition coefficient (Wildman–Crippen LogP) is 3.80. The summed E-state index contributed by atoms with van der Waals surface area (Å²) in [4.78, 5) is 0. The first-order valence-electron chi connectivity index (χ1n) is 7.07. The van der Waals surface area contributed by atoms with Crippen LogP contribution >= 0.6 is 15.9 Å². The molecule has 1 aromatic heterocycles. The van der Waals surface area contributed by atoms with Crippen LogP contribution in [-0.4, -0.2) is 16.8 Å². The lowest BCUT2D eigenvalue weighted by Gasteiger charge is -2.24. The van der Waals surface area contributed by atoms with Crippen molar-refractivity contribution in [3.63, 3.8) is 0 Å². The van der Waals surface area contributed by atoms with Crippen LogP contribution in [0.2, 0.25) is 0 Å². The van der Waals surface area contributed by atoms with Crippen molar-refractivity contribution >= 4 is 15.9 Å². The van der Waals surface area contributed by atoms with Crippen LogP contribution < -0.4 is 5.32 Å². The van der Waals surface area contributed by atoms with Crippen molar-refractivity contribution in [1.29, 1.82) is 0 Å². The van der Waals surface area contributed by atoms with Gasteiger partial charge in [0.1, 0.15) is 0 Å². The molecule has 0 amide bonds. The summed E-state index contributed by atoms with van der Waals surface area (Å²) >= 11 is 3.60. The third-order valence-corrected chi connectivity index (χ3v) is 4.82. The van der Waals surface area contributed by atoms with Crippen molar-refractivity contribution in [2.75, 3.05) is 7.05 Å². The molecular weight excluding hydrogens is 290 g/mol. The molecule has 1 aromatic rings. The molecule has 0 radical (unpaired) electrons. The Morgan fingerprint density at radius 2 is 2.17 bits per heavy atom. The highest BCUT2D eigenvalue weighted by Crippen LogP contribution is 2.32. The minimum atomic E-state index is 0.411. The first kappa shape index (κ1) is 14.1. The molecule has 2 rings (SSSR count). The fraction of sp³-hybridized carbons (Fsp3) is 0.786. The lowest BCUT2D eigenvalue weighted by Crippen LogP contribution is -2.21. The Hall–Kier alpha value is -0.350. The van der Waals surface area contributed by atoms with Gasteiger partial charge in [-0.1, -0.05) is 32.1 Å². The van der Waals surface area contributed by atoms with Crippen molar-refractivity contribution in [2.45, 2.75) is 51.0 Å². The van der Waals surface area contributed by atoms with Gasteiger partial charge in [0.15, 0.2) is 0 Å². The molecule has 0 aliphatic heterocycles. The number of nitrogens with zero attached hydrogens (tertiary/aromatic N) is 2. The van der Waals surface area contributed by atoms with Gasteiger partial charge in [-0.2, -0.15) is 5.10 Å². The number of aryl methyl sites for hydroxylation is 1. The molecule has 0 saturated heterocycles. The van der Waals surface area contributed by atoms with Crippen molar-refractivity contribution < 1.29 is 0 Å². The van der Waals surface area contributed by atoms with Gasteiger partial charge in [-0.3, -0.25) is 4.68 Å². The van der Waals surface area contributed by atoms with Gasteiger partial charge in [0.25, 0.3) is 0 Å². The molecule has 3 nitrogen and oxygen atoms in total. The highest BCUT2D eigenvalue weighted by molar-refractivity contribution is 9.10. The molecule has 0 bridgehead atoms. The summed E-state index contributed by atoms with van der Waals surface area (Å²) in [7, 11) is 4.07. The third-order valence-electron chi connectivity index (χ3n) is 4.20. The molecule has 102 valence electrons. The van der Waals surface area contributed by atoms with Crippen LogP contribution in [0.15, 0.2) is 10.7 Å². The molecule has 1 aliphatic rings. The Labute approximate surface area is 118 Å². The van der Waals surface area contributed by atoms with E-state index in [0.29, 0.717) is 6.04 Å². The minimum Gasteiger partial charge on any atom is -0.312 e. The summed E-state index contributed by atoms with van der Waals surface area (Å²) in [6.45, 7) is 0. The highest BCUT2D eigenvalue weighted by Gasteiger charge is 2.20. The lowest BCUT2D eigenvalue weighted by atomic mass is 9.85. The zero-order valence-electron chi connectivity index (χ0n) is 11.5. The van der Waals surface area contributed by atoms with E-state index in [1.54, 1.807) is 0 Å². The number of halogens is 1. The smallest absolute Gasteiger partial charge is 0.0692 e. The van der Waals surface area contributed by atoms with Gasteiger partial charge in [0.05, 0.1) is 22.4 Å². The van der Waals surface area contributed by atoms with E-state index in [9.17, 15) is 0 Å². The van der Waals surface area contributed by atoms with E-state index in [4.69, 9.17) is 0 Å². The van der Waals surface area contributed by atoms with Gasteiger partial charge in [0.2, 0.25) is 0 Å². The molecule has 1 heterocycles. The van der Waals surface area contributed by atoms with Crippen LogP contribution in [0.5, 0.6) is 0 Å². The fourth-order valence-electron chi connectivity index (χ4n) is 3.11. The van der Waals surface area contributed by atoms with Crippen LogP contribution in [0.1, 0.15) is 56.7 Å². The first-order chi connectivity index (χ1) is 8.72. The Morgan fingerprint density at radius 1 is 1.44 bits per heavy atom. The maximum absolute atomic E-state index is 4.31. The third kappa shape index (κ3) is 3.35. The molecule has 0 aromatic carbocycles. The van der Waals surface area contributed by atoms with Crippen molar-refractivity contribution in [1.82, 2.24) is 15.1 Å². The molecule has 1 unspecified atom stereocenters. The second-order valence-electron chi connectivity index (χ2n) is 5.42. The van der Waals surface area contributed by atoms with E-state index in [1.807, 2.05) is 25.0 Å². The summed E-state index contributed by atoms with van der Waals surface area (Å²) in [5.74, 6) is 0.946. The van der Waals surface area contributed by atoms with Gasteiger partial charge in [0, 0.05) is 7.05 Å². The quantitative estimate of drug-likeness (QED) is 0.896. The zero-order chi connectivity index (χ0) is 13.0. The largest absolute Gasteiger partial charge is 0.312 e. The summed E-state index contributed by atoms with van der Waals surface area (Å²) in [5, 5.41) is 7.74. The van der Waals surface area contributed by atoms with E-state index in [0.717, 1.165) is 10.4 Å². The predicted molar refractivity (Wildman–Crippen MR) is 78.5 cm³/mol. The average Bonchev–Trinajstić information content (AvgIpc) is 2.73. The second-order valence-corrected chi connectivity index (χ2v) is 6.28. The number of rotatable bonds is 5. The lowest BCUT2D eigenvalue weighted by molar-refractivity contribution is 0.314. The number of nitrogens with one attached hydrogen (secondary N) is 1. The van der Waals surface area contributed by atoms with Gasteiger partial charge < -0.3 is 5.32 Å². The Kier molecular flexibility index (Phi) is 5.25. The maximum Gasteiger partial charge on any atom is 0.0692 e. The maximum atomic E-state index is 4.31. The van der Waals surface area contributed by atoms with Crippen LogP contribution in [0.4, 0.5) is 0 Å². The molecule has 0 spiro atoms. The van der Waals surface area contributed by atoms with E-state index in [2.05, 4.69) is 26.3 Å². The zero-order valence-corrected chi connectivity index (χ0v) is 13.0. The summed E-state index contributed by atoms with van der Waals surface area (Å²) in [5.41, 5.74) is 1.27. The average molecular weight is 314 g/mol. The Balaban J connectivity index is 1.93. The van der Waals surface area contributed by atoms with Crippen molar-refractivity contribution in [3.05, 3.63) is 16.4 Å². The van der Waals surface area contributed by atoms with Gasteiger partial charge >= 0.3 is 0 Å². The molecular formula is C14H24BrN3. The van der Waals surface area contributed by atoms with E-state index >= 15 is 0 Å². The topological polar surface area (TPSA) is 29.9 Å². The normalized spacial score (nSPS) is 19.1. The standard InChI is InChI=1S/C14H24BrN3/c1-16-13(14-12(15)10-17-18(14)2)9-8-11-6-4-3-5-7-11/h10-11,13,16H,3-9H2,1-2H3. The number of hydrogen-bond acceptors (Lipinski definition) is 2. The minimum absolute atomic E-state index is 0.411.